The van der Waals surface area contributed by atoms with E-state index in [1.807, 2.05) is 36.4 Å². The molecule has 0 amide bonds. The molecule has 0 radical (unpaired) electrons. The molecule has 4 aromatic rings. The van der Waals surface area contributed by atoms with Crippen LogP contribution in [0.25, 0.3) is 22.2 Å². The van der Waals surface area contributed by atoms with Crippen molar-refractivity contribution < 1.29 is 0 Å². The van der Waals surface area contributed by atoms with Crippen molar-refractivity contribution in [2.24, 2.45) is 0 Å². The molecular weight excluding hydrogens is 392 g/mol. The molecule has 0 spiro atoms. The quantitative estimate of drug-likeness (QED) is 0.437. The number of piperazine rings is 1. The van der Waals surface area contributed by atoms with Crippen molar-refractivity contribution in [2.45, 2.75) is 6.92 Å². The van der Waals surface area contributed by atoms with Crippen LogP contribution < -0.4 is 9.80 Å². The third-order valence-electron chi connectivity index (χ3n) is 5.73. The van der Waals surface area contributed by atoms with Crippen molar-refractivity contribution >= 4 is 34.1 Å². The van der Waals surface area contributed by atoms with E-state index in [1.165, 1.54) is 11.3 Å². The van der Waals surface area contributed by atoms with Crippen LogP contribution in [0.2, 0.25) is 5.02 Å². The predicted octanol–water partition coefficient (Wildman–Crippen LogP) is 5.59. The predicted molar refractivity (Wildman–Crippen MR) is 126 cm³/mol. The van der Waals surface area contributed by atoms with Crippen LogP contribution in [0.1, 0.15) is 5.56 Å². The average Bonchev–Trinajstić information content (AvgIpc) is 2.79. The van der Waals surface area contributed by atoms with Gasteiger partial charge in [0.2, 0.25) is 5.95 Å². The number of hydrogen-bond acceptors (Lipinski definition) is 4. The summed E-state index contributed by atoms with van der Waals surface area (Å²) in [5, 5.41) is 1.78. The van der Waals surface area contributed by atoms with Gasteiger partial charge < -0.3 is 9.80 Å². The lowest BCUT2D eigenvalue weighted by Gasteiger charge is -2.37. The molecule has 1 saturated heterocycles. The molecule has 0 bridgehead atoms. The summed E-state index contributed by atoms with van der Waals surface area (Å²) in [6.07, 6.45) is 0. The maximum atomic E-state index is 6.10. The van der Waals surface area contributed by atoms with Crippen molar-refractivity contribution in [3.63, 3.8) is 0 Å². The number of aromatic nitrogens is 2. The molecule has 0 atom stereocenters. The van der Waals surface area contributed by atoms with Crippen molar-refractivity contribution in [1.29, 1.82) is 0 Å². The van der Waals surface area contributed by atoms with E-state index in [2.05, 4.69) is 53.1 Å². The molecule has 1 aliphatic rings. The number of para-hydroxylation sites is 2. The second-order valence-electron chi connectivity index (χ2n) is 7.66. The highest BCUT2D eigenvalue weighted by molar-refractivity contribution is 6.30. The van der Waals surface area contributed by atoms with E-state index < -0.39 is 0 Å². The van der Waals surface area contributed by atoms with Crippen LogP contribution in [-0.2, 0) is 0 Å². The Hall–Kier alpha value is -3.11. The summed E-state index contributed by atoms with van der Waals surface area (Å²) in [5.74, 6) is 0.795. The molecule has 0 saturated carbocycles. The number of benzene rings is 3. The molecule has 1 aliphatic heterocycles. The Bertz CT molecular complexity index is 1180. The number of anilines is 2. The standard InChI is InChI=1S/C25H23ClN4/c1-18-6-2-5-9-23(18)29-14-16-30(17-15-29)25-27-22-8-4-3-7-21(22)24(28-25)19-10-12-20(26)13-11-19/h2-13H,14-17H2,1H3. The van der Waals surface area contributed by atoms with Gasteiger partial charge in [0, 0.05) is 47.8 Å². The molecule has 4 nitrogen and oxygen atoms in total. The molecule has 5 heteroatoms. The van der Waals surface area contributed by atoms with Gasteiger partial charge in [-0.3, -0.25) is 0 Å². The average molecular weight is 415 g/mol. The van der Waals surface area contributed by atoms with Gasteiger partial charge in [-0.1, -0.05) is 60.1 Å². The number of hydrogen-bond donors (Lipinski definition) is 0. The summed E-state index contributed by atoms with van der Waals surface area (Å²) >= 11 is 6.10. The topological polar surface area (TPSA) is 32.3 Å². The molecule has 0 unspecified atom stereocenters. The van der Waals surface area contributed by atoms with Crippen LogP contribution in [0.3, 0.4) is 0 Å². The monoisotopic (exact) mass is 414 g/mol. The first-order valence-electron chi connectivity index (χ1n) is 10.3. The Labute approximate surface area is 181 Å². The first kappa shape index (κ1) is 18.9. The minimum atomic E-state index is 0.727. The number of halogens is 1. The number of aryl methyl sites for hydroxylation is 1. The second kappa shape index (κ2) is 7.96. The molecule has 0 aliphatic carbocycles. The Balaban J connectivity index is 1.47. The molecule has 1 fully saturated rings. The zero-order chi connectivity index (χ0) is 20.5. The van der Waals surface area contributed by atoms with E-state index in [9.17, 15) is 0 Å². The van der Waals surface area contributed by atoms with E-state index in [4.69, 9.17) is 21.6 Å². The maximum Gasteiger partial charge on any atom is 0.226 e. The highest BCUT2D eigenvalue weighted by atomic mass is 35.5. The van der Waals surface area contributed by atoms with E-state index in [0.717, 1.165) is 59.3 Å². The summed E-state index contributed by atoms with van der Waals surface area (Å²) in [6.45, 7) is 5.88. The SMILES string of the molecule is Cc1ccccc1N1CCN(c2nc(-c3ccc(Cl)cc3)c3ccccc3n2)CC1. The van der Waals surface area contributed by atoms with E-state index in [1.54, 1.807) is 0 Å². The van der Waals surface area contributed by atoms with E-state index in [-0.39, 0.29) is 0 Å². The number of nitrogens with zero attached hydrogens (tertiary/aromatic N) is 4. The normalized spacial score (nSPS) is 14.3. The van der Waals surface area contributed by atoms with Crippen molar-refractivity contribution in [2.75, 3.05) is 36.0 Å². The molecule has 2 heterocycles. The van der Waals surface area contributed by atoms with Gasteiger partial charge >= 0.3 is 0 Å². The molecule has 1 aromatic heterocycles. The Morgan fingerprint density at radius 1 is 0.733 bits per heavy atom. The van der Waals surface area contributed by atoms with Crippen LogP contribution in [0.5, 0.6) is 0 Å². The van der Waals surface area contributed by atoms with Gasteiger partial charge in [-0.05, 0) is 36.8 Å². The summed E-state index contributed by atoms with van der Waals surface area (Å²) in [5.41, 5.74) is 5.61. The summed E-state index contributed by atoms with van der Waals surface area (Å²) in [4.78, 5) is 14.6. The highest BCUT2D eigenvalue weighted by Gasteiger charge is 2.21. The summed E-state index contributed by atoms with van der Waals surface area (Å²) in [6, 6.07) is 24.7. The maximum absolute atomic E-state index is 6.10. The lowest BCUT2D eigenvalue weighted by atomic mass is 10.1. The fraction of sp³-hybridized carbons (Fsp3) is 0.200. The van der Waals surface area contributed by atoms with Gasteiger partial charge in [-0.2, -0.15) is 0 Å². The third-order valence-corrected chi connectivity index (χ3v) is 5.98. The summed E-state index contributed by atoms with van der Waals surface area (Å²) < 4.78 is 0. The second-order valence-corrected chi connectivity index (χ2v) is 8.09. The Morgan fingerprint density at radius 2 is 1.40 bits per heavy atom. The highest BCUT2D eigenvalue weighted by Crippen LogP contribution is 2.30. The molecule has 0 N–H and O–H groups in total. The lowest BCUT2D eigenvalue weighted by Crippen LogP contribution is -2.47. The van der Waals surface area contributed by atoms with Crippen LogP contribution in [0, 0.1) is 6.92 Å². The van der Waals surface area contributed by atoms with Gasteiger partial charge in [0.05, 0.1) is 11.2 Å². The lowest BCUT2D eigenvalue weighted by molar-refractivity contribution is 0.640. The van der Waals surface area contributed by atoms with E-state index in [0.29, 0.717) is 0 Å². The fourth-order valence-corrected chi connectivity index (χ4v) is 4.23. The number of fused-ring (bicyclic) bond motifs is 1. The van der Waals surface area contributed by atoms with Crippen LogP contribution in [-0.4, -0.2) is 36.1 Å². The zero-order valence-corrected chi connectivity index (χ0v) is 17.7. The van der Waals surface area contributed by atoms with Crippen molar-refractivity contribution in [3.8, 4) is 11.3 Å². The van der Waals surface area contributed by atoms with Crippen molar-refractivity contribution in [3.05, 3.63) is 83.4 Å². The van der Waals surface area contributed by atoms with E-state index >= 15 is 0 Å². The first-order chi connectivity index (χ1) is 14.7. The Kier molecular flexibility index (Phi) is 5.01. The van der Waals surface area contributed by atoms with Crippen LogP contribution in [0.15, 0.2) is 72.8 Å². The zero-order valence-electron chi connectivity index (χ0n) is 16.9. The van der Waals surface area contributed by atoms with Crippen LogP contribution in [0.4, 0.5) is 11.6 Å². The molecule has 3 aromatic carbocycles. The molecular formula is C25H23ClN4. The minimum Gasteiger partial charge on any atom is -0.368 e. The summed E-state index contributed by atoms with van der Waals surface area (Å²) in [7, 11) is 0. The van der Waals surface area contributed by atoms with Crippen molar-refractivity contribution in [1.82, 2.24) is 9.97 Å². The molecule has 150 valence electrons. The molecule has 5 rings (SSSR count). The fourth-order valence-electron chi connectivity index (χ4n) is 4.10. The van der Waals surface area contributed by atoms with Gasteiger partial charge in [0.1, 0.15) is 0 Å². The van der Waals surface area contributed by atoms with Gasteiger partial charge in [0.15, 0.2) is 0 Å². The largest absolute Gasteiger partial charge is 0.368 e. The smallest absolute Gasteiger partial charge is 0.226 e. The minimum absolute atomic E-state index is 0.727. The third kappa shape index (κ3) is 3.59. The van der Waals surface area contributed by atoms with Crippen LogP contribution >= 0.6 is 11.6 Å². The number of rotatable bonds is 3. The van der Waals surface area contributed by atoms with Gasteiger partial charge in [0.25, 0.3) is 0 Å². The first-order valence-corrected chi connectivity index (χ1v) is 10.6. The Morgan fingerprint density at radius 3 is 2.17 bits per heavy atom. The molecule has 30 heavy (non-hydrogen) atoms. The van der Waals surface area contributed by atoms with Gasteiger partial charge in [-0.15, -0.1) is 0 Å². The van der Waals surface area contributed by atoms with Gasteiger partial charge in [-0.25, -0.2) is 9.97 Å².